The number of rotatable bonds is 8. The fraction of sp³-hybridized carbons (Fsp3) is 0.458. The number of carboxylic acid groups (broad SMARTS) is 1. The molecule has 0 amide bonds. The van der Waals surface area contributed by atoms with Crippen molar-refractivity contribution < 1.29 is 19.0 Å². The number of thiophene rings is 1. The average molecular weight is 486 g/mol. The summed E-state index contributed by atoms with van der Waals surface area (Å²) in [5.74, 6) is 0.539. The molecular formula is C24H28FN5O3S. The molecule has 1 aliphatic rings. The highest BCUT2D eigenvalue weighted by Crippen LogP contribution is 2.33. The van der Waals surface area contributed by atoms with Crippen molar-refractivity contribution in [3.05, 3.63) is 46.6 Å². The van der Waals surface area contributed by atoms with Crippen molar-refractivity contribution in [2.75, 3.05) is 5.32 Å². The molecule has 3 aromatic heterocycles. The number of halogens is 1. The van der Waals surface area contributed by atoms with Crippen LogP contribution in [0.1, 0.15) is 62.4 Å². The zero-order chi connectivity index (χ0) is 24.2. The van der Waals surface area contributed by atoms with Gasteiger partial charge >= 0.3 is 5.97 Å². The average Bonchev–Trinajstić information content (AvgIpc) is 3.20. The molecule has 0 spiro atoms. The lowest BCUT2D eigenvalue weighted by atomic mass is 9.87. The first-order valence-electron chi connectivity index (χ1n) is 11.4. The number of aryl methyl sites for hydroxylation is 1. The maximum absolute atomic E-state index is 14.2. The molecule has 3 heterocycles. The third-order valence-corrected chi connectivity index (χ3v) is 6.85. The number of hydrogen-bond donors (Lipinski definition) is 2. The minimum absolute atomic E-state index is 0.177. The summed E-state index contributed by atoms with van der Waals surface area (Å²) in [7, 11) is 0. The van der Waals surface area contributed by atoms with Gasteiger partial charge in [0.2, 0.25) is 5.95 Å². The highest BCUT2D eigenvalue weighted by Gasteiger charge is 2.28. The number of hydrogen-bond acceptors (Lipinski definition) is 8. The molecule has 180 valence electrons. The highest BCUT2D eigenvalue weighted by molar-refractivity contribution is 7.14. The second-order valence-corrected chi connectivity index (χ2v) is 9.81. The summed E-state index contributed by atoms with van der Waals surface area (Å²) in [6.07, 6.45) is 5.89. The first kappa shape index (κ1) is 24.0. The van der Waals surface area contributed by atoms with Crippen molar-refractivity contribution in [3.63, 3.8) is 0 Å². The van der Waals surface area contributed by atoms with E-state index in [1.54, 1.807) is 12.4 Å². The quantitative estimate of drug-likeness (QED) is 0.448. The molecule has 2 N–H and O–H groups in total. The Kier molecular flexibility index (Phi) is 7.35. The fourth-order valence-corrected chi connectivity index (χ4v) is 4.85. The smallest absolute Gasteiger partial charge is 0.306 e. The standard InChI is InChI=1S/C24H28FN5O3S/c1-13(2)18-7-8-26-24(30-18)28-11-16-10-20(25)34-21(16)22-27-12-19(14(3)29-22)33-17-6-4-5-15(9-17)23(31)32/h7-8,10,12-13,15,17H,4-6,9,11H2,1-3H3,(H,31,32)(H,26,28,30)/t15-,17-/m0/s1. The molecule has 0 aliphatic heterocycles. The number of carbonyl (C=O) groups is 1. The zero-order valence-corrected chi connectivity index (χ0v) is 20.2. The number of ether oxygens (including phenoxy) is 1. The van der Waals surface area contributed by atoms with Crippen LogP contribution in [0.5, 0.6) is 5.75 Å². The minimum atomic E-state index is -0.779. The van der Waals surface area contributed by atoms with E-state index in [9.17, 15) is 14.3 Å². The molecule has 0 radical (unpaired) electrons. The summed E-state index contributed by atoms with van der Waals surface area (Å²) in [6, 6.07) is 3.34. The molecule has 3 aromatic rings. The van der Waals surface area contributed by atoms with E-state index in [1.807, 2.05) is 13.0 Å². The van der Waals surface area contributed by atoms with Crippen LogP contribution in [0, 0.1) is 18.0 Å². The van der Waals surface area contributed by atoms with Crippen LogP contribution in [0.15, 0.2) is 24.5 Å². The van der Waals surface area contributed by atoms with Crippen molar-refractivity contribution in [2.24, 2.45) is 5.92 Å². The van der Waals surface area contributed by atoms with E-state index in [0.717, 1.165) is 29.9 Å². The van der Waals surface area contributed by atoms with Gasteiger partial charge in [0.05, 0.1) is 28.8 Å². The molecule has 4 rings (SSSR count). The molecule has 1 fully saturated rings. The predicted molar refractivity (Wildman–Crippen MR) is 127 cm³/mol. The Morgan fingerprint density at radius 3 is 2.88 bits per heavy atom. The summed E-state index contributed by atoms with van der Waals surface area (Å²) in [5.41, 5.74) is 2.27. The van der Waals surface area contributed by atoms with E-state index in [1.165, 1.54) is 6.07 Å². The number of nitrogens with zero attached hydrogens (tertiary/aromatic N) is 4. The van der Waals surface area contributed by atoms with Gasteiger partial charge in [-0.2, -0.15) is 4.39 Å². The minimum Gasteiger partial charge on any atom is -0.487 e. The number of aromatic nitrogens is 4. The SMILES string of the molecule is Cc1nc(-c2sc(F)cc2CNc2nccc(C(C)C)n2)ncc1O[C@H]1CCC[C@H](C(=O)O)C1. The Bertz CT molecular complexity index is 1170. The van der Waals surface area contributed by atoms with Crippen molar-refractivity contribution in [1.82, 2.24) is 19.9 Å². The molecule has 8 nitrogen and oxygen atoms in total. The number of anilines is 1. The summed E-state index contributed by atoms with van der Waals surface area (Å²) in [4.78, 5) is 29.7. The third kappa shape index (κ3) is 5.67. The second-order valence-electron chi connectivity index (χ2n) is 8.80. The van der Waals surface area contributed by atoms with Gasteiger partial charge in [0, 0.05) is 18.4 Å². The van der Waals surface area contributed by atoms with Gasteiger partial charge in [-0.15, -0.1) is 11.3 Å². The third-order valence-electron chi connectivity index (χ3n) is 5.89. The molecule has 0 saturated heterocycles. The molecule has 2 atom stereocenters. The van der Waals surface area contributed by atoms with E-state index in [-0.39, 0.29) is 23.1 Å². The largest absolute Gasteiger partial charge is 0.487 e. The van der Waals surface area contributed by atoms with Crippen molar-refractivity contribution in [1.29, 1.82) is 0 Å². The second kappa shape index (κ2) is 10.4. The van der Waals surface area contributed by atoms with Crippen LogP contribution in [0.3, 0.4) is 0 Å². The Morgan fingerprint density at radius 1 is 1.32 bits per heavy atom. The Labute approximate surface area is 201 Å². The summed E-state index contributed by atoms with van der Waals surface area (Å²) >= 11 is 0.986. The van der Waals surface area contributed by atoms with Gasteiger partial charge in [-0.1, -0.05) is 13.8 Å². The molecule has 34 heavy (non-hydrogen) atoms. The van der Waals surface area contributed by atoms with Crippen LogP contribution < -0.4 is 10.1 Å². The van der Waals surface area contributed by atoms with E-state index < -0.39 is 5.97 Å². The molecule has 10 heteroatoms. The van der Waals surface area contributed by atoms with Crippen LogP contribution in [-0.4, -0.2) is 37.1 Å². The molecular weight excluding hydrogens is 457 g/mol. The van der Waals surface area contributed by atoms with Crippen molar-refractivity contribution >= 4 is 23.3 Å². The first-order valence-corrected chi connectivity index (χ1v) is 12.2. The first-order chi connectivity index (χ1) is 16.3. The number of nitrogens with one attached hydrogen (secondary N) is 1. The number of carboxylic acids is 1. The van der Waals surface area contributed by atoms with E-state index in [2.05, 4.69) is 39.1 Å². The summed E-state index contributed by atoms with van der Waals surface area (Å²) < 4.78 is 20.2. The van der Waals surface area contributed by atoms with Gasteiger partial charge in [0.15, 0.2) is 16.7 Å². The van der Waals surface area contributed by atoms with Gasteiger partial charge in [-0.05, 0) is 56.2 Å². The van der Waals surface area contributed by atoms with E-state index >= 15 is 0 Å². The van der Waals surface area contributed by atoms with Crippen LogP contribution in [0.2, 0.25) is 0 Å². The molecule has 0 bridgehead atoms. The van der Waals surface area contributed by atoms with Crippen LogP contribution in [-0.2, 0) is 11.3 Å². The van der Waals surface area contributed by atoms with Gasteiger partial charge in [0.25, 0.3) is 0 Å². The van der Waals surface area contributed by atoms with Gasteiger partial charge in [-0.25, -0.2) is 19.9 Å². The Morgan fingerprint density at radius 2 is 2.15 bits per heavy atom. The van der Waals surface area contributed by atoms with E-state index in [4.69, 9.17) is 4.74 Å². The monoisotopic (exact) mass is 485 g/mol. The Hall–Kier alpha value is -3.14. The Balaban J connectivity index is 1.48. The zero-order valence-electron chi connectivity index (χ0n) is 19.4. The molecule has 1 saturated carbocycles. The van der Waals surface area contributed by atoms with Gasteiger partial charge in [-0.3, -0.25) is 4.79 Å². The van der Waals surface area contributed by atoms with Crippen LogP contribution in [0.4, 0.5) is 10.3 Å². The predicted octanol–water partition coefficient (Wildman–Crippen LogP) is 5.20. The molecule has 1 aliphatic carbocycles. The lowest BCUT2D eigenvalue weighted by molar-refractivity contribution is -0.143. The summed E-state index contributed by atoms with van der Waals surface area (Å²) in [6.45, 7) is 6.26. The normalized spacial score (nSPS) is 18.1. The maximum atomic E-state index is 14.2. The van der Waals surface area contributed by atoms with Crippen molar-refractivity contribution in [2.45, 2.75) is 65.0 Å². The number of aliphatic carboxylic acids is 1. The maximum Gasteiger partial charge on any atom is 0.306 e. The van der Waals surface area contributed by atoms with Gasteiger partial charge in [0.1, 0.15) is 0 Å². The highest BCUT2D eigenvalue weighted by atomic mass is 32.1. The van der Waals surface area contributed by atoms with Gasteiger partial charge < -0.3 is 15.2 Å². The van der Waals surface area contributed by atoms with Crippen molar-refractivity contribution in [3.8, 4) is 16.5 Å². The fourth-order valence-electron chi connectivity index (χ4n) is 4.01. The van der Waals surface area contributed by atoms with E-state index in [0.29, 0.717) is 53.0 Å². The lowest BCUT2D eigenvalue weighted by Crippen LogP contribution is -2.29. The lowest BCUT2D eigenvalue weighted by Gasteiger charge is -2.27. The molecule has 0 unspecified atom stereocenters. The van der Waals surface area contributed by atoms with Crippen LogP contribution in [0.25, 0.3) is 10.7 Å². The van der Waals surface area contributed by atoms with Crippen LogP contribution >= 0.6 is 11.3 Å². The molecule has 0 aromatic carbocycles. The topological polar surface area (TPSA) is 110 Å². The summed E-state index contributed by atoms with van der Waals surface area (Å²) in [5, 5.41) is 12.1.